The molecule has 1 N–H and O–H groups in total. The number of imide groups is 1. The maximum Gasteiger partial charge on any atom is 0.411 e. The zero-order valence-electron chi connectivity index (χ0n) is 25.5. The molecule has 4 heterocycles. The number of carbonyl (C=O) groups excluding carboxylic acids is 4. The van der Waals surface area contributed by atoms with Gasteiger partial charge in [-0.05, 0) is 47.7 Å². The van der Waals surface area contributed by atoms with Gasteiger partial charge in [-0.1, -0.05) is 24.3 Å². The third-order valence-corrected chi connectivity index (χ3v) is 10.3. The van der Waals surface area contributed by atoms with Crippen molar-refractivity contribution in [3.8, 4) is 11.1 Å². The summed E-state index contributed by atoms with van der Waals surface area (Å²) in [5, 5.41) is 7.08. The third-order valence-electron chi connectivity index (χ3n) is 10.3. The molecular weight excluding hydrogens is 636 g/mol. The average molecular weight is 667 g/mol. The number of rotatable bonds is 8. The van der Waals surface area contributed by atoms with Crippen molar-refractivity contribution in [2.75, 3.05) is 32.8 Å². The predicted molar refractivity (Wildman–Crippen MR) is 159 cm³/mol. The van der Waals surface area contributed by atoms with Gasteiger partial charge in [-0.3, -0.25) is 28.9 Å². The van der Waals surface area contributed by atoms with Crippen LogP contribution < -0.4 is 5.32 Å². The Balaban J connectivity index is 1.01. The molecule has 1 atom stereocenters. The first-order chi connectivity index (χ1) is 22.9. The lowest BCUT2D eigenvalue weighted by Gasteiger charge is -2.47. The number of ketones is 1. The Hall–Kier alpha value is -4.63. The predicted octanol–water partition coefficient (Wildman–Crippen LogP) is 3.40. The quantitative estimate of drug-likeness (QED) is 0.290. The molecule has 1 spiro atoms. The number of nitrogens with one attached hydrogen (secondary N) is 1. The second-order valence-electron chi connectivity index (χ2n) is 13.2. The minimum Gasteiger partial charge on any atom is -0.378 e. The van der Waals surface area contributed by atoms with E-state index in [4.69, 9.17) is 4.74 Å². The number of carbonyl (C=O) groups is 4. The second kappa shape index (κ2) is 10.7. The molecule has 0 radical (unpaired) electrons. The van der Waals surface area contributed by atoms with Crippen LogP contribution in [-0.2, 0) is 26.4 Å². The number of hydrogen-bond donors (Lipinski definition) is 1. The highest BCUT2D eigenvalue weighted by Gasteiger charge is 2.68. The zero-order chi connectivity index (χ0) is 33.6. The van der Waals surface area contributed by atoms with Gasteiger partial charge in [0.15, 0.2) is 11.3 Å². The van der Waals surface area contributed by atoms with Crippen LogP contribution in [0, 0.1) is 5.82 Å². The first-order valence-corrected chi connectivity index (χ1v) is 15.7. The van der Waals surface area contributed by atoms with E-state index in [1.807, 2.05) is 10.9 Å². The van der Waals surface area contributed by atoms with Crippen molar-refractivity contribution < 1.29 is 41.5 Å². The van der Waals surface area contributed by atoms with Crippen molar-refractivity contribution in [3.63, 3.8) is 0 Å². The molecule has 15 heteroatoms. The summed E-state index contributed by atoms with van der Waals surface area (Å²) in [7, 11) is 0. The summed E-state index contributed by atoms with van der Waals surface area (Å²) < 4.78 is 63.2. The van der Waals surface area contributed by atoms with Crippen LogP contribution in [0.5, 0.6) is 0 Å². The number of aromatic nitrogens is 2. The van der Waals surface area contributed by atoms with E-state index in [2.05, 4.69) is 15.3 Å². The Morgan fingerprint density at radius 1 is 1.02 bits per heavy atom. The maximum atomic E-state index is 14.2. The van der Waals surface area contributed by atoms with Gasteiger partial charge >= 0.3 is 12.2 Å². The SMILES string of the molecule is O=C1C[C@]2(NC(=O)N(CC(=O)N(Cc3ccc(F)cc3)C3(C(F)(F)F)CC3)C2=O)c2ccc(-c3cnn(C4CN(C5COC5)C4)c3)cc21. The van der Waals surface area contributed by atoms with Crippen molar-refractivity contribution in [1.29, 1.82) is 0 Å². The minimum absolute atomic E-state index is 0.219. The van der Waals surface area contributed by atoms with Crippen molar-refractivity contribution in [1.82, 2.24) is 29.8 Å². The highest BCUT2D eigenvalue weighted by molar-refractivity contribution is 6.17. The summed E-state index contributed by atoms with van der Waals surface area (Å²) in [5.41, 5.74) is -2.04. The Bertz CT molecular complexity index is 1850. The van der Waals surface area contributed by atoms with Crippen LogP contribution in [0.4, 0.5) is 22.4 Å². The molecular formula is C33H30F4N6O5. The number of benzene rings is 2. The summed E-state index contributed by atoms with van der Waals surface area (Å²) in [4.78, 5) is 57.4. The van der Waals surface area contributed by atoms with Crippen LogP contribution in [0.2, 0.25) is 0 Å². The Kier molecular flexibility index (Phi) is 6.83. The molecule has 0 bridgehead atoms. The van der Waals surface area contributed by atoms with E-state index in [-0.39, 0.29) is 35.6 Å². The van der Waals surface area contributed by atoms with Gasteiger partial charge in [0.25, 0.3) is 5.91 Å². The number of halogens is 4. The number of hydrogen-bond acceptors (Lipinski definition) is 7. The van der Waals surface area contributed by atoms with E-state index in [0.717, 1.165) is 44.0 Å². The maximum absolute atomic E-state index is 14.2. The van der Waals surface area contributed by atoms with Crippen molar-refractivity contribution >= 4 is 23.6 Å². The normalized spacial score (nSPS) is 23.7. The molecule has 1 saturated carbocycles. The van der Waals surface area contributed by atoms with Crippen LogP contribution >= 0.6 is 0 Å². The first kappa shape index (κ1) is 30.7. The highest BCUT2D eigenvalue weighted by atomic mass is 19.4. The number of urea groups is 1. The number of nitrogens with zero attached hydrogens (tertiary/aromatic N) is 5. The van der Waals surface area contributed by atoms with Crippen LogP contribution in [0.15, 0.2) is 54.9 Å². The van der Waals surface area contributed by atoms with E-state index in [9.17, 15) is 36.7 Å². The molecule has 11 nitrogen and oxygen atoms in total. The fourth-order valence-corrected chi connectivity index (χ4v) is 7.20. The fourth-order valence-electron chi connectivity index (χ4n) is 7.20. The fraction of sp³-hybridized carbons (Fsp3) is 0.424. The van der Waals surface area contributed by atoms with Gasteiger partial charge in [-0.15, -0.1) is 0 Å². The topological polar surface area (TPSA) is 117 Å². The number of ether oxygens (including phenoxy) is 1. The van der Waals surface area contributed by atoms with Crippen LogP contribution in [0.1, 0.15) is 46.8 Å². The Morgan fingerprint density at radius 2 is 1.75 bits per heavy atom. The number of alkyl halides is 3. The standard InChI is InChI=1S/C33H30F4N6O5/c34-22-4-1-19(2-5-22)12-42(31(7-8-31)33(35,36)37)28(45)16-41-29(46)32(39-30(41)47)10-27(44)25-9-20(3-6-26(25)32)21-11-38-43(13-21)23-14-40(15-23)24-17-48-18-24/h1-6,9,11,13,23-24H,7-8,10,12,14-18H2,(H,39,47)/t32-/m0/s1. The minimum atomic E-state index is -4.77. The van der Waals surface area contributed by atoms with Gasteiger partial charge in [0.05, 0.1) is 31.5 Å². The highest BCUT2D eigenvalue weighted by Crippen LogP contribution is 2.54. The molecule has 3 aromatic rings. The largest absolute Gasteiger partial charge is 0.411 e. The molecule has 1 aromatic heterocycles. The molecule has 0 unspecified atom stereocenters. The number of Topliss-reactive ketones (excluding diaryl/α,β-unsaturated/α-hetero) is 1. The smallest absolute Gasteiger partial charge is 0.378 e. The molecule has 4 fully saturated rings. The monoisotopic (exact) mass is 666 g/mol. The molecule has 5 aliphatic rings. The summed E-state index contributed by atoms with van der Waals surface area (Å²) in [6.07, 6.45) is -2.24. The molecule has 3 aliphatic heterocycles. The molecule has 48 heavy (non-hydrogen) atoms. The number of amides is 4. The molecule has 8 rings (SSSR count). The van der Waals surface area contributed by atoms with Crippen LogP contribution in [0.3, 0.4) is 0 Å². The van der Waals surface area contributed by atoms with E-state index in [1.165, 1.54) is 12.1 Å². The first-order valence-electron chi connectivity index (χ1n) is 15.7. The van der Waals surface area contributed by atoms with Crippen molar-refractivity contribution in [3.05, 3.63) is 77.4 Å². The molecule has 2 aliphatic carbocycles. The van der Waals surface area contributed by atoms with Gasteiger partial charge in [-0.2, -0.15) is 18.3 Å². The molecule has 250 valence electrons. The lowest BCUT2D eigenvalue weighted by atomic mass is 9.90. The molecule has 2 aromatic carbocycles. The van der Waals surface area contributed by atoms with Crippen LogP contribution in [-0.4, -0.2) is 98.7 Å². The summed E-state index contributed by atoms with van der Waals surface area (Å²) >= 11 is 0. The van der Waals surface area contributed by atoms with Gasteiger partial charge in [-0.25, -0.2) is 9.18 Å². The molecule has 3 saturated heterocycles. The average Bonchev–Trinajstić information content (AvgIpc) is 3.52. The number of likely N-dealkylation sites (tertiary alicyclic amines) is 1. The van der Waals surface area contributed by atoms with Gasteiger partial charge in [0, 0.05) is 43.4 Å². The van der Waals surface area contributed by atoms with Gasteiger partial charge in [0.2, 0.25) is 5.91 Å². The van der Waals surface area contributed by atoms with E-state index < -0.39 is 66.2 Å². The molecule has 4 amide bonds. The Labute approximate surface area is 271 Å². The van der Waals surface area contributed by atoms with Gasteiger partial charge in [0.1, 0.15) is 17.9 Å². The summed E-state index contributed by atoms with van der Waals surface area (Å²) in [6.45, 7) is 1.76. The Morgan fingerprint density at radius 3 is 2.40 bits per heavy atom. The summed E-state index contributed by atoms with van der Waals surface area (Å²) in [6, 6.07) is 9.34. The number of fused-ring (bicyclic) bond motifs is 2. The zero-order valence-corrected chi connectivity index (χ0v) is 25.5. The lowest BCUT2D eigenvalue weighted by molar-refractivity contribution is -0.202. The van der Waals surface area contributed by atoms with Crippen molar-refractivity contribution in [2.24, 2.45) is 0 Å². The van der Waals surface area contributed by atoms with Crippen LogP contribution in [0.25, 0.3) is 11.1 Å². The van der Waals surface area contributed by atoms with Gasteiger partial charge < -0.3 is 15.0 Å². The second-order valence-corrected chi connectivity index (χ2v) is 13.2. The van der Waals surface area contributed by atoms with E-state index >= 15 is 0 Å². The summed E-state index contributed by atoms with van der Waals surface area (Å²) in [5.74, 6) is -2.97. The van der Waals surface area contributed by atoms with E-state index in [0.29, 0.717) is 21.4 Å². The third kappa shape index (κ3) is 4.73. The lowest BCUT2D eigenvalue weighted by Crippen LogP contribution is -2.59. The van der Waals surface area contributed by atoms with E-state index in [1.54, 1.807) is 24.4 Å². The van der Waals surface area contributed by atoms with Crippen molar-refractivity contribution in [2.45, 2.75) is 55.1 Å².